The van der Waals surface area contributed by atoms with Crippen molar-refractivity contribution in [3.8, 4) is 0 Å². The third-order valence-electron chi connectivity index (χ3n) is 5.66. The summed E-state index contributed by atoms with van der Waals surface area (Å²) in [5.41, 5.74) is 0.446. The topological polar surface area (TPSA) is 86.8 Å². The molecule has 0 unspecified atom stereocenters. The Hall–Kier alpha value is -3.07. The SMILES string of the molecule is C[C@@H](C(=O)NC(C)(C)C)N(Cc1ccccc1)C(=O)CN(c1ccc(Cl)c(Cl)c1)S(=O)(=O)c1ccccc1. The molecular formula is C28H31Cl2N3O4S. The van der Waals surface area contributed by atoms with Gasteiger partial charge in [-0.15, -0.1) is 0 Å². The van der Waals surface area contributed by atoms with Gasteiger partial charge in [-0.3, -0.25) is 13.9 Å². The third kappa shape index (κ3) is 7.49. The Morgan fingerprint density at radius 2 is 1.47 bits per heavy atom. The lowest BCUT2D eigenvalue weighted by atomic mass is 10.1. The summed E-state index contributed by atoms with van der Waals surface area (Å²) in [4.78, 5) is 28.3. The highest BCUT2D eigenvalue weighted by Gasteiger charge is 2.33. The van der Waals surface area contributed by atoms with Gasteiger partial charge in [-0.2, -0.15) is 0 Å². The maximum Gasteiger partial charge on any atom is 0.264 e. The van der Waals surface area contributed by atoms with Crippen LogP contribution in [0.25, 0.3) is 0 Å². The Morgan fingerprint density at radius 1 is 0.895 bits per heavy atom. The van der Waals surface area contributed by atoms with E-state index in [1.807, 2.05) is 51.1 Å². The number of anilines is 1. The molecule has 10 heteroatoms. The molecule has 202 valence electrons. The van der Waals surface area contributed by atoms with Crippen LogP contribution in [-0.2, 0) is 26.2 Å². The second kappa shape index (κ2) is 12.2. The van der Waals surface area contributed by atoms with Gasteiger partial charge in [0.25, 0.3) is 10.0 Å². The van der Waals surface area contributed by atoms with Gasteiger partial charge in [0.15, 0.2) is 0 Å². The molecule has 2 amide bonds. The number of amides is 2. The highest BCUT2D eigenvalue weighted by atomic mass is 35.5. The van der Waals surface area contributed by atoms with Crippen LogP contribution >= 0.6 is 23.2 Å². The first-order chi connectivity index (χ1) is 17.8. The Labute approximate surface area is 234 Å². The normalized spacial score (nSPS) is 12.5. The molecule has 3 aromatic rings. The fraction of sp³-hybridized carbons (Fsp3) is 0.286. The van der Waals surface area contributed by atoms with Gasteiger partial charge in [-0.05, 0) is 63.6 Å². The second-order valence-electron chi connectivity index (χ2n) is 9.85. The standard InChI is InChI=1S/C28H31Cl2N3O4S/c1-20(27(35)31-28(2,3)4)32(18-21-11-7-5-8-12-21)26(34)19-33(22-15-16-24(29)25(30)17-22)38(36,37)23-13-9-6-10-14-23/h5-17,20H,18-19H2,1-4H3,(H,31,35)/t20-/m0/s1. The molecule has 0 bridgehead atoms. The highest BCUT2D eigenvalue weighted by Crippen LogP contribution is 2.31. The minimum Gasteiger partial charge on any atom is -0.350 e. The van der Waals surface area contributed by atoms with Crippen molar-refractivity contribution in [3.63, 3.8) is 0 Å². The molecule has 1 atom stereocenters. The van der Waals surface area contributed by atoms with Crippen molar-refractivity contribution in [1.29, 1.82) is 0 Å². The van der Waals surface area contributed by atoms with Crippen LogP contribution < -0.4 is 9.62 Å². The van der Waals surface area contributed by atoms with E-state index in [1.54, 1.807) is 25.1 Å². The van der Waals surface area contributed by atoms with Crippen molar-refractivity contribution < 1.29 is 18.0 Å². The van der Waals surface area contributed by atoms with E-state index < -0.39 is 34.1 Å². The van der Waals surface area contributed by atoms with Crippen LogP contribution in [0.15, 0.2) is 83.8 Å². The Bertz CT molecular complexity index is 1380. The lowest BCUT2D eigenvalue weighted by molar-refractivity contribution is -0.140. The summed E-state index contributed by atoms with van der Waals surface area (Å²) in [7, 11) is -4.18. The van der Waals surface area contributed by atoms with Crippen molar-refractivity contribution in [2.45, 2.75) is 50.7 Å². The maximum absolute atomic E-state index is 13.9. The van der Waals surface area contributed by atoms with Gasteiger partial charge < -0.3 is 10.2 Å². The fourth-order valence-electron chi connectivity index (χ4n) is 3.73. The largest absolute Gasteiger partial charge is 0.350 e. The first kappa shape index (κ1) is 29.5. The molecule has 0 aliphatic carbocycles. The predicted molar refractivity (Wildman–Crippen MR) is 152 cm³/mol. The van der Waals surface area contributed by atoms with E-state index in [2.05, 4.69) is 5.32 Å². The lowest BCUT2D eigenvalue weighted by Crippen LogP contribution is -2.54. The van der Waals surface area contributed by atoms with Crippen LogP contribution in [0.1, 0.15) is 33.3 Å². The molecule has 3 rings (SSSR count). The molecule has 0 saturated carbocycles. The molecular weight excluding hydrogens is 545 g/mol. The molecule has 0 fully saturated rings. The molecule has 0 aliphatic heterocycles. The smallest absolute Gasteiger partial charge is 0.264 e. The molecule has 1 N–H and O–H groups in total. The van der Waals surface area contributed by atoms with Crippen molar-refractivity contribution in [3.05, 3.63) is 94.5 Å². The number of carbonyl (C=O) groups excluding carboxylic acids is 2. The quantitative estimate of drug-likeness (QED) is 0.364. The number of nitrogens with one attached hydrogen (secondary N) is 1. The summed E-state index contributed by atoms with van der Waals surface area (Å²) in [5.74, 6) is -0.912. The first-order valence-electron chi connectivity index (χ1n) is 12.0. The minimum absolute atomic E-state index is 0.00649. The summed E-state index contributed by atoms with van der Waals surface area (Å²) >= 11 is 12.3. The molecule has 38 heavy (non-hydrogen) atoms. The molecule has 0 saturated heterocycles. The van der Waals surface area contributed by atoms with Crippen LogP contribution in [0, 0.1) is 0 Å². The summed E-state index contributed by atoms with van der Waals surface area (Å²) in [5, 5.41) is 3.29. The first-order valence-corrected chi connectivity index (χ1v) is 14.2. The van der Waals surface area contributed by atoms with Crippen LogP contribution in [0.3, 0.4) is 0 Å². The van der Waals surface area contributed by atoms with E-state index in [-0.39, 0.29) is 33.1 Å². The maximum atomic E-state index is 13.9. The zero-order valence-corrected chi connectivity index (χ0v) is 24.0. The Balaban J connectivity index is 2.04. The molecule has 0 radical (unpaired) electrons. The number of halogens is 2. The summed E-state index contributed by atoms with van der Waals surface area (Å²) in [6.07, 6.45) is 0. The van der Waals surface area contributed by atoms with Crippen molar-refractivity contribution >= 4 is 50.7 Å². The van der Waals surface area contributed by atoms with Crippen LogP contribution in [-0.4, -0.2) is 43.3 Å². The zero-order valence-electron chi connectivity index (χ0n) is 21.7. The van der Waals surface area contributed by atoms with Gasteiger partial charge >= 0.3 is 0 Å². The van der Waals surface area contributed by atoms with Gasteiger partial charge in [0.05, 0.1) is 20.6 Å². The van der Waals surface area contributed by atoms with Gasteiger partial charge in [-0.25, -0.2) is 8.42 Å². The van der Waals surface area contributed by atoms with Gasteiger partial charge in [0.1, 0.15) is 12.6 Å². The number of carbonyl (C=O) groups is 2. The van der Waals surface area contributed by atoms with Gasteiger partial charge in [0.2, 0.25) is 11.8 Å². The van der Waals surface area contributed by atoms with Crippen LogP contribution in [0.5, 0.6) is 0 Å². The second-order valence-corrected chi connectivity index (χ2v) is 12.5. The average Bonchev–Trinajstić information content (AvgIpc) is 2.87. The summed E-state index contributed by atoms with van der Waals surface area (Å²) in [6, 6.07) is 20.5. The Morgan fingerprint density at radius 3 is 2.03 bits per heavy atom. The van der Waals surface area contributed by atoms with E-state index in [1.165, 1.54) is 35.2 Å². The number of rotatable bonds is 9. The lowest BCUT2D eigenvalue weighted by Gasteiger charge is -2.33. The number of nitrogens with zero attached hydrogens (tertiary/aromatic N) is 2. The molecule has 0 heterocycles. The number of hydrogen-bond acceptors (Lipinski definition) is 4. The number of benzene rings is 3. The van der Waals surface area contributed by atoms with Gasteiger partial charge in [0, 0.05) is 12.1 Å². The Kier molecular flexibility index (Phi) is 9.46. The minimum atomic E-state index is -4.18. The van der Waals surface area contributed by atoms with Crippen molar-refractivity contribution in [1.82, 2.24) is 10.2 Å². The van der Waals surface area contributed by atoms with E-state index in [0.717, 1.165) is 9.87 Å². The predicted octanol–water partition coefficient (Wildman–Crippen LogP) is 5.52. The highest BCUT2D eigenvalue weighted by molar-refractivity contribution is 7.92. The van der Waals surface area contributed by atoms with Crippen molar-refractivity contribution in [2.24, 2.45) is 0 Å². The average molecular weight is 577 g/mol. The van der Waals surface area contributed by atoms with E-state index in [0.29, 0.717) is 0 Å². The van der Waals surface area contributed by atoms with Crippen LogP contribution in [0.2, 0.25) is 10.0 Å². The number of sulfonamides is 1. The van der Waals surface area contributed by atoms with E-state index in [4.69, 9.17) is 23.2 Å². The molecule has 7 nitrogen and oxygen atoms in total. The molecule has 0 spiro atoms. The van der Waals surface area contributed by atoms with Crippen LogP contribution in [0.4, 0.5) is 5.69 Å². The monoisotopic (exact) mass is 575 g/mol. The zero-order chi connectivity index (χ0) is 28.1. The molecule has 0 aromatic heterocycles. The van der Waals surface area contributed by atoms with Crippen molar-refractivity contribution in [2.75, 3.05) is 10.8 Å². The van der Waals surface area contributed by atoms with E-state index in [9.17, 15) is 18.0 Å². The van der Waals surface area contributed by atoms with Gasteiger partial charge in [-0.1, -0.05) is 71.7 Å². The summed E-state index contributed by atoms with van der Waals surface area (Å²) in [6.45, 7) is 6.71. The fourth-order valence-corrected chi connectivity index (χ4v) is 5.44. The summed E-state index contributed by atoms with van der Waals surface area (Å²) < 4.78 is 28.5. The molecule has 0 aliphatic rings. The third-order valence-corrected chi connectivity index (χ3v) is 8.19. The molecule has 3 aromatic carbocycles. The van der Waals surface area contributed by atoms with E-state index >= 15 is 0 Å². The number of hydrogen-bond donors (Lipinski definition) is 1.